The molecule has 0 amide bonds. The van der Waals surface area contributed by atoms with E-state index in [1.807, 2.05) is 92.3 Å². The van der Waals surface area contributed by atoms with Crippen molar-refractivity contribution in [1.82, 2.24) is 4.57 Å². The van der Waals surface area contributed by atoms with Crippen LogP contribution in [0.2, 0.25) is 0 Å². The average Bonchev–Trinajstić information content (AvgIpc) is 2.96. The molecule has 1 aromatic carbocycles. The maximum absolute atomic E-state index is 12.9. The molecule has 5 heteroatoms. The zero-order valence-corrected chi connectivity index (χ0v) is 16.6. The van der Waals surface area contributed by atoms with Gasteiger partial charge in [-0.25, -0.2) is 0 Å². The highest BCUT2D eigenvalue weighted by Gasteiger charge is 2.20. The Morgan fingerprint density at radius 2 is 1.70 bits per heavy atom. The molecule has 3 aromatic rings. The summed E-state index contributed by atoms with van der Waals surface area (Å²) in [6.45, 7) is 4.33. The predicted molar refractivity (Wildman–Crippen MR) is 107 cm³/mol. The number of carbonyl (C=O) groups is 1. The van der Waals surface area contributed by atoms with E-state index in [1.165, 1.54) is 0 Å². The number of hydrogen-bond acceptors (Lipinski definition) is 3. The summed E-state index contributed by atoms with van der Waals surface area (Å²) in [5.74, 6) is 0.917. The van der Waals surface area contributed by atoms with Gasteiger partial charge in [0.1, 0.15) is 5.75 Å². The van der Waals surface area contributed by atoms with Crippen LogP contribution in [0.25, 0.3) is 5.69 Å². The Morgan fingerprint density at radius 1 is 1.07 bits per heavy atom. The predicted octanol–water partition coefficient (Wildman–Crippen LogP) is 3.34. The molecule has 0 fully saturated rings. The molecular formula is C22H26N3O2+. The minimum absolute atomic E-state index is 0.102. The van der Waals surface area contributed by atoms with E-state index in [0.29, 0.717) is 6.54 Å². The minimum atomic E-state index is 0.102. The van der Waals surface area contributed by atoms with Crippen LogP contribution < -0.4 is 14.2 Å². The maximum Gasteiger partial charge on any atom is 0.229 e. The number of anilines is 1. The fourth-order valence-corrected chi connectivity index (χ4v) is 3.28. The first-order chi connectivity index (χ1) is 12.9. The van der Waals surface area contributed by atoms with Gasteiger partial charge in [0.25, 0.3) is 0 Å². The molecule has 0 radical (unpaired) electrons. The van der Waals surface area contributed by atoms with Gasteiger partial charge in [-0.05, 0) is 44.2 Å². The van der Waals surface area contributed by atoms with Crippen LogP contribution in [0.3, 0.4) is 0 Å². The molecule has 140 valence electrons. The number of ether oxygens (including phenoxy) is 1. The van der Waals surface area contributed by atoms with Crippen molar-refractivity contribution in [3.63, 3.8) is 0 Å². The molecule has 0 bridgehead atoms. The largest absolute Gasteiger partial charge is 0.497 e. The number of methoxy groups -OCH3 is 1. The molecule has 0 aliphatic heterocycles. The summed E-state index contributed by atoms with van der Waals surface area (Å²) in [5.41, 5.74) is 4.87. The van der Waals surface area contributed by atoms with Crippen LogP contribution in [0.4, 0.5) is 5.69 Å². The number of ketones is 1. The van der Waals surface area contributed by atoms with Gasteiger partial charge in [-0.1, -0.05) is 0 Å². The molecule has 0 N–H and O–H groups in total. The van der Waals surface area contributed by atoms with Crippen LogP contribution in [-0.2, 0) is 6.54 Å². The number of Topliss-reactive ketones (excluding diaryl/α,β-unsaturated/α-hetero) is 1. The summed E-state index contributed by atoms with van der Waals surface area (Å²) < 4.78 is 9.24. The number of hydrogen-bond donors (Lipinski definition) is 0. The van der Waals surface area contributed by atoms with Crippen molar-refractivity contribution >= 4 is 11.5 Å². The third kappa shape index (κ3) is 3.87. The molecule has 0 atom stereocenters. The highest BCUT2D eigenvalue weighted by atomic mass is 16.5. The van der Waals surface area contributed by atoms with Gasteiger partial charge in [0.2, 0.25) is 12.3 Å². The molecule has 0 saturated carbocycles. The Bertz CT molecular complexity index is 939. The van der Waals surface area contributed by atoms with Gasteiger partial charge in [-0.15, -0.1) is 0 Å². The van der Waals surface area contributed by atoms with Crippen LogP contribution in [0.5, 0.6) is 5.75 Å². The van der Waals surface area contributed by atoms with Gasteiger partial charge in [0.05, 0.1) is 7.11 Å². The number of benzene rings is 1. The summed E-state index contributed by atoms with van der Waals surface area (Å²) in [6.07, 6.45) is 3.88. The zero-order chi connectivity index (χ0) is 19.6. The topological polar surface area (TPSA) is 38.4 Å². The van der Waals surface area contributed by atoms with Crippen molar-refractivity contribution in [2.24, 2.45) is 0 Å². The monoisotopic (exact) mass is 364 g/mol. The maximum atomic E-state index is 12.9. The summed E-state index contributed by atoms with van der Waals surface area (Å²) >= 11 is 0. The van der Waals surface area contributed by atoms with E-state index in [4.69, 9.17) is 4.74 Å². The smallest absolute Gasteiger partial charge is 0.229 e. The Kier molecular flexibility index (Phi) is 5.31. The normalized spacial score (nSPS) is 10.7. The lowest BCUT2D eigenvalue weighted by atomic mass is 10.1. The molecule has 0 aliphatic rings. The molecule has 5 nitrogen and oxygen atoms in total. The number of pyridine rings is 1. The van der Waals surface area contributed by atoms with Gasteiger partial charge in [-0.2, -0.15) is 4.57 Å². The zero-order valence-electron chi connectivity index (χ0n) is 16.6. The standard InChI is InChI=1S/C22H26N3O2/c1-16-14-21(17(2)25(16)19-6-8-20(27-5)9-7-19)22(26)15-24-12-10-18(11-13-24)23(3)4/h6-14H,15H2,1-5H3/q+1. The summed E-state index contributed by atoms with van der Waals surface area (Å²) in [5, 5.41) is 0. The highest BCUT2D eigenvalue weighted by Crippen LogP contribution is 2.23. The number of aryl methyl sites for hydroxylation is 1. The van der Waals surface area contributed by atoms with E-state index in [-0.39, 0.29) is 5.78 Å². The van der Waals surface area contributed by atoms with Crippen LogP contribution in [-0.4, -0.2) is 31.6 Å². The molecular weight excluding hydrogens is 338 g/mol. The second kappa shape index (κ2) is 7.66. The quantitative estimate of drug-likeness (QED) is 0.497. The van der Waals surface area contributed by atoms with Gasteiger partial charge in [-0.3, -0.25) is 4.79 Å². The van der Waals surface area contributed by atoms with Crippen molar-refractivity contribution in [1.29, 1.82) is 0 Å². The van der Waals surface area contributed by atoms with Crippen molar-refractivity contribution < 1.29 is 14.1 Å². The second-order valence-corrected chi connectivity index (χ2v) is 6.86. The molecule has 2 heterocycles. The fourth-order valence-electron chi connectivity index (χ4n) is 3.28. The van der Waals surface area contributed by atoms with Crippen molar-refractivity contribution in [3.8, 4) is 11.4 Å². The van der Waals surface area contributed by atoms with Crippen molar-refractivity contribution in [2.45, 2.75) is 20.4 Å². The number of rotatable bonds is 6. The van der Waals surface area contributed by atoms with Gasteiger partial charge >= 0.3 is 0 Å². The lowest BCUT2D eigenvalue weighted by molar-refractivity contribution is -0.683. The van der Waals surface area contributed by atoms with E-state index in [9.17, 15) is 4.79 Å². The Balaban J connectivity index is 1.85. The van der Waals surface area contributed by atoms with E-state index in [1.54, 1.807) is 7.11 Å². The molecule has 0 spiro atoms. The summed E-state index contributed by atoms with van der Waals surface area (Å²) in [7, 11) is 5.65. The first kappa shape index (κ1) is 18.7. The lowest BCUT2D eigenvalue weighted by Crippen LogP contribution is -2.37. The third-order valence-electron chi connectivity index (χ3n) is 4.78. The lowest BCUT2D eigenvalue weighted by Gasteiger charge is -2.11. The first-order valence-electron chi connectivity index (χ1n) is 8.93. The molecule has 0 saturated heterocycles. The van der Waals surface area contributed by atoms with Gasteiger partial charge in [0, 0.05) is 54.6 Å². The number of carbonyl (C=O) groups excluding carboxylic acids is 1. The van der Waals surface area contributed by atoms with Gasteiger partial charge < -0.3 is 14.2 Å². The minimum Gasteiger partial charge on any atom is -0.497 e. The van der Waals surface area contributed by atoms with Crippen LogP contribution in [0, 0.1) is 13.8 Å². The van der Waals surface area contributed by atoms with Crippen LogP contribution in [0.15, 0.2) is 54.9 Å². The Morgan fingerprint density at radius 3 is 2.26 bits per heavy atom. The van der Waals surface area contributed by atoms with Crippen molar-refractivity contribution in [3.05, 3.63) is 71.8 Å². The summed E-state index contributed by atoms with van der Waals surface area (Å²) in [6, 6.07) is 13.8. The van der Waals surface area contributed by atoms with Crippen LogP contribution >= 0.6 is 0 Å². The highest BCUT2D eigenvalue weighted by molar-refractivity contribution is 5.96. The summed E-state index contributed by atoms with van der Waals surface area (Å²) in [4.78, 5) is 14.9. The van der Waals surface area contributed by atoms with Crippen molar-refractivity contribution in [2.75, 3.05) is 26.1 Å². The molecule has 2 aromatic heterocycles. The Hall–Kier alpha value is -3.08. The molecule has 0 unspecified atom stereocenters. The Labute approximate surface area is 160 Å². The van der Waals surface area contributed by atoms with E-state index >= 15 is 0 Å². The van der Waals surface area contributed by atoms with E-state index < -0.39 is 0 Å². The molecule has 27 heavy (non-hydrogen) atoms. The first-order valence-corrected chi connectivity index (χ1v) is 8.93. The molecule has 0 aliphatic carbocycles. The second-order valence-electron chi connectivity index (χ2n) is 6.86. The van der Waals surface area contributed by atoms with E-state index in [2.05, 4.69) is 4.57 Å². The van der Waals surface area contributed by atoms with Crippen LogP contribution in [0.1, 0.15) is 21.7 Å². The fraction of sp³-hybridized carbons (Fsp3) is 0.273. The number of nitrogens with zero attached hydrogens (tertiary/aromatic N) is 3. The van der Waals surface area contributed by atoms with Gasteiger partial charge in [0.15, 0.2) is 12.4 Å². The average molecular weight is 364 g/mol. The number of aromatic nitrogens is 2. The molecule has 3 rings (SSSR count). The van der Waals surface area contributed by atoms with E-state index in [0.717, 1.165) is 34.1 Å². The SMILES string of the molecule is COc1ccc(-n2c(C)cc(C(=O)C[n+]3ccc(N(C)C)cc3)c2C)cc1. The third-order valence-corrected chi connectivity index (χ3v) is 4.78.